The van der Waals surface area contributed by atoms with E-state index < -0.39 is 0 Å². The van der Waals surface area contributed by atoms with Gasteiger partial charge in [-0.3, -0.25) is 0 Å². The second kappa shape index (κ2) is 5.20. The van der Waals surface area contributed by atoms with Gasteiger partial charge in [-0.05, 0) is 41.0 Å². The van der Waals surface area contributed by atoms with Crippen LogP contribution in [0.4, 0.5) is 4.79 Å². The van der Waals surface area contributed by atoms with E-state index in [1.807, 2.05) is 34.6 Å². The van der Waals surface area contributed by atoms with Crippen molar-refractivity contribution in [3.05, 3.63) is 0 Å². The lowest BCUT2D eigenvalue weighted by Crippen LogP contribution is -2.49. The molecule has 0 saturated heterocycles. The summed E-state index contributed by atoms with van der Waals surface area (Å²) in [6.45, 7) is 9.72. The summed E-state index contributed by atoms with van der Waals surface area (Å²) in [7, 11) is 0. The molecule has 2 atom stereocenters. The van der Waals surface area contributed by atoms with Crippen LogP contribution in [0, 0.1) is 0 Å². The molecule has 0 radical (unpaired) electrons. The van der Waals surface area contributed by atoms with Crippen molar-refractivity contribution in [3.8, 4) is 0 Å². The Balaban J connectivity index is 3.83. The van der Waals surface area contributed by atoms with Crippen molar-refractivity contribution in [2.24, 2.45) is 5.73 Å². The molecular weight excluding hydrogens is 178 g/mol. The van der Waals surface area contributed by atoms with E-state index in [1.165, 1.54) is 0 Å². The average Bonchev–Trinajstić information content (AvgIpc) is 1.77. The van der Waals surface area contributed by atoms with Gasteiger partial charge >= 0.3 is 6.03 Å². The van der Waals surface area contributed by atoms with Crippen LogP contribution in [0.2, 0.25) is 0 Å². The summed E-state index contributed by atoms with van der Waals surface area (Å²) in [5, 5.41) is 5.67. The molecule has 4 nitrogen and oxygen atoms in total. The Morgan fingerprint density at radius 1 is 1.36 bits per heavy atom. The molecule has 0 spiro atoms. The SMILES string of the molecule is CC(N)CC(C)NC(=O)NC(C)(C)C. The quantitative estimate of drug-likeness (QED) is 0.642. The van der Waals surface area contributed by atoms with E-state index in [2.05, 4.69) is 10.6 Å². The fourth-order valence-electron chi connectivity index (χ4n) is 1.22. The summed E-state index contributed by atoms with van der Waals surface area (Å²) in [5.41, 5.74) is 5.43. The lowest BCUT2D eigenvalue weighted by molar-refractivity contribution is 0.228. The van der Waals surface area contributed by atoms with Crippen LogP contribution < -0.4 is 16.4 Å². The maximum Gasteiger partial charge on any atom is 0.315 e. The normalized spacial score (nSPS) is 15.9. The highest BCUT2D eigenvalue weighted by Crippen LogP contribution is 1.99. The standard InChI is InChI=1S/C10H23N3O/c1-7(11)6-8(2)12-9(14)13-10(3,4)5/h7-8H,6,11H2,1-5H3,(H2,12,13,14). The van der Waals surface area contributed by atoms with Crippen LogP contribution in [0.5, 0.6) is 0 Å². The molecule has 0 aromatic rings. The van der Waals surface area contributed by atoms with Gasteiger partial charge in [-0.25, -0.2) is 4.79 Å². The predicted molar refractivity (Wildman–Crippen MR) is 59.1 cm³/mol. The fraction of sp³-hybridized carbons (Fsp3) is 0.900. The number of amides is 2. The molecule has 2 unspecified atom stereocenters. The largest absolute Gasteiger partial charge is 0.336 e. The summed E-state index contributed by atoms with van der Waals surface area (Å²) in [6, 6.07) is 0.0861. The lowest BCUT2D eigenvalue weighted by atomic mass is 10.1. The van der Waals surface area contributed by atoms with Crippen LogP contribution in [0.15, 0.2) is 0 Å². The molecule has 0 fully saturated rings. The monoisotopic (exact) mass is 201 g/mol. The van der Waals surface area contributed by atoms with Gasteiger partial charge < -0.3 is 16.4 Å². The maximum absolute atomic E-state index is 11.4. The molecule has 14 heavy (non-hydrogen) atoms. The molecule has 0 saturated carbocycles. The molecule has 0 bridgehead atoms. The van der Waals surface area contributed by atoms with E-state index >= 15 is 0 Å². The van der Waals surface area contributed by atoms with E-state index in [-0.39, 0.29) is 23.7 Å². The minimum atomic E-state index is -0.196. The molecule has 0 rings (SSSR count). The van der Waals surface area contributed by atoms with E-state index in [4.69, 9.17) is 5.73 Å². The van der Waals surface area contributed by atoms with Crippen molar-refractivity contribution in [1.29, 1.82) is 0 Å². The highest BCUT2D eigenvalue weighted by atomic mass is 16.2. The predicted octanol–water partition coefficient (Wildman–Crippen LogP) is 1.21. The molecule has 4 N–H and O–H groups in total. The molecule has 0 heterocycles. The third-order valence-electron chi connectivity index (χ3n) is 1.59. The topological polar surface area (TPSA) is 67.1 Å². The van der Waals surface area contributed by atoms with E-state index in [9.17, 15) is 4.79 Å². The number of urea groups is 1. The number of carbonyl (C=O) groups is 1. The molecule has 0 aliphatic rings. The van der Waals surface area contributed by atoms with Gasteiger partial charge in [0.05, 0.1) is 0 Å². The van der Waals surface area contributed by atoms with Crippen molar-refractivity contribution >= 4 is 6.03 Å². The Bertz CT molecular complexity index is 184. The Morgan fingerprint density at radius 2 is 1.86 bits per heavy atom. The van der Waals surface area contributed by atoms with Crippen molar-refractivity contribution in [3.63, 3.8) is 0 Å². The maximum atomic E-state index is 11.4. The van der Waals surface area contributed by atoms with E-state index in [0.717, 1.165) is 6.42 Å². The molecule has 0 aromatic heterocycles. The molecule has 4 heteroatoms. The van der Waals surface area contributed by atoms with Crippen LogP contribution in [-0.4, -0.2) is 23.7 Å². The molecule has 0 aliphatic heterocycles. The fourth-order valence-corrected chi connectivity index (χ4v) is 1.22. The third kappa shape index (κ3) is 7.86. The minimum absolute atomic E-state index is 0.109. The highest BCUT2D eigenvalue weighted by Gasteiger charge is 2.15. The first-order valence-electron chi connectivity index (χ1n) is 5.05. The summed E-state index contributed by atoms with van der Waals surface area (Å²) < 4.78 is 0. The zero-order chi connectivity index (χ0) is 11.4. The Morgan fingerprint density at radius 3 is 2.21 bits per heavy atom. The highest BCUT2D eigenvalue weighted by molar-refractivity contribution is 5.74. The molecule has 2 amide bonds. The smallest absolute Gasteiger partial charge is 0.315 e. The van der Waals surface area contributed by atoms with Gasteiger partial charge in [-0.15, -0.1) is 0 Å². The first kappa shape index (κ1) is 13.2. The van der Waals surface area contributed by atoms with Crippen LogP contribution >= 0.6 is 0 Å². The first-order valence-corrected chi connectivity index (χ1v) is 5.05. The van der Waals surface area contributed by atoms with Crippen molar-refractivity contribution < 1.29 is 4.79 Å². The zero-order valence-corrected chi connectivity index (χ0v) is 9.85. The number of nitrogens with one attached hydrogen (secondary N) is 2. The summed E-state index contributed by atoms with van der Waals surface area (Å²) in [6.07, 6.45) is 0.789. The van der Waals surface area contributed by atoms with E-state index in [0.29, 0.717) is 0 Å². The average molecular weight is 201 g/mol. The first-order chi connectivity index (χ1) is 6.20. The lowest BCUT2D eigenvalue weighted by Gasteiger charge is -2.23. The molecule has 0 aromatic carbocycles. The number of carbonyl (C=O) groups excluding carboxylic acids is 1. The van der Waals surface area contributed by atoms with E-state index in [1.54, 1.807) is 0 Å². The van der Waals surface area contributed by atoms with Gasteiger partial charge in [0, 0.05) is 17.6 Å². The second-order valence-electron chi connectivity index (χ2n) is 4.96. The van der Waals surface area contributed by atoms with Gasteiger partial charge in [-0.2, -0.15) is 0 Å². The van der Waals surface area contributed by atoms with Gasteiger partial charge in [-0.1, -0.05) is 0 Å². The van der Waals surface area contributed by atoms with Crippen molar-refractivity contribution in [2.45, 2.75) is 58.7 Å². The molecule has 0 aliphatic carbocycles. The second-order valence-corrected chi connectivity index (χ2v) is 4.96. The molecule has 84 valence electrons. The van der Waals surface area contributed by atoms with Crippen LogP contribution in [0.3, 0.4) is 0 Å². The Kier molecular flexibility index (Phi) is 4.91. The van der Waals surface area contributed by atoms with Crippen molar-refractivity contribution in [2.75, 3.05) is 0 Å². The van der Waals surface area contributed by atoms with Gasteiger partial charge in [0.2, 0.25) is 0 Å². The summed E-state index contributed by atoms with van der Waals surface area (Å²) >= 11 is 0. The van der Waals surface area contributed by atoms with Crippen LogP contribution in [0.1, 0.15) is 41.0 Å². The summed E-state index contributed by atoms with van der Waals surface area (Å²) in [5.74, 6) is 0. The van der Waals surface area contributed by atoms with Gasteiger partial charge in [0.1, 0.15) is 0 Å². The number of hydrogen-bond donors (Lipinski definition) is 3. The number of nitrogens with two attached hydrogens (primary N) is 1. The van der Waals surface area contributed by atoms with Crippen LogP contribution in [0.25, 0.3) is 0 Å². The van der Waals surface area contributed by atoms with Gasteiger partial charge in [0.15, 0.2) is 0 Å². The Labute approximate surface area is 86.6 Å². The third-order valence-corrected chi connectivity index (χ3v) is 1.59. The Hall–Kier alpha value is -0.770. The van der Waals surface area contributed by atoms with Crippen LogP contribution in [-0.2, 0) is 0 Å². The number of rotatable bonds is 3. The minimum Gasteiger partial charge on any atom is -0.336 e. The van der Waals surface area contributed by atoms with Crippen molar-refractivity contribution in [1.82, 2.24) is 10.6 Å². The molecular formula is C10H23N3O. The number of hydrogen-bond acceptors (Lipinski definition) is 2. The zero-order valence-electron chi connectivity index (χ0n) is 9.85. The van der Waals surface area contributed by atoms with Gasteiger partial charge in [0.25, 0.3) is 0 Å². The summed E-state index contributed by atoms with van der Waals surface area (Å²) in [4.78, 5) is 11.4.